The lowest BCUT2D eigenvalue weighted by Crippen LogP contribution is -2.46. The third kappa shape index (κ3) is 2.05. The normalized spacial score (nSPS) is 19.5. The lowest BCUT2D eigenvalue weighted by molar-refractivity contribution is -0.00926. The summed E-state index contributed by atoms with van der Waals surface area (Å²) in [6, 6.07) is 4.94. The van der Waals surface area contributed by atoms with E-state index in [1.54, 1.807) is 6.20 Å². The van der Waals surface area contributed by atoms with Crippen molar-refractivity contribution in [3.05, 3.63) is 30.1 Å². The van der Waals surface area contributed by atoms with Gasteiger partial charge in [0.2, 0.25) is 0 Å². The van der Waals surface area contributed by atoms with Gasteiger partial charge in [-0.25, -0.2) is 0 Å². The minimum Gasteiger partial charge on any atom is -0.378 e. The summed E-state index contributed by atoms with van der Waals surface area (Å²) in [6.07, 6.45) is 3.69. The zero-order valence-corrected chi connectivity index (χ0v) is 7.73. The second-order valence-electron chi connectivity index (χ2n) is 3.41. The number of hydrogen-bond donors (Lipinski definition) is 1. The molecular weight excluding hydrogens is 164 g/mol. The lowest BCUT2D eigenvalue weighted by atomic mass is 10.1. The molecule has 0 amide bonds. The highest BCUT2D eigenvalue weighted by atomic mass is 16.5. The Morgan fingerprint density at radius 2 is 2.46 bits per heavy atom. The maximum atomic E-state index is 5.09. The molecule has 1 N–H and O–H groups in total. The summed E-state index contributed by atoms with van der Waals surface area (Å²) in [7, 11) is 0. The van der Waals surface area contributed by atoms with E-state index in [2.05, 4.69) is 23.3 Å². The van der Waals surface area contributed by atoms with Gasteiger partial charge < -0.3 is 10.1 Å². The van der Waals surface area contributed by atoms with Crippen LogP contribution in [0.5, 0.6) is 0 Å². The number of pyridine rings is 1. The molecule has 0 bridgehead atoms. The molecule has 0 saturated carbocycles. The first-order valence-corrected chi connectivity index (χ1v) is 4.60. The van der Waals surface area contributed by atoms with Crippen LogP contribution in [-0.2, 0) is 4.74 Å². The van der Waals surface area contributed by atoms with Gasteiger partial charge in [0, 0.05) is 18.4 Å². The molecule has 2 rings (SSSR count). The van der Waals surface area contributed by atoms with E-state index in [1.807, 2.05) is 12.3 Å². The third-order valence-corrected chi connectivity index (χ3v) is 2.31. The predicted molar refractivity (Wildman–Crippen MR) is 50.4 cm³/mol. The Morgan fingerprint density at radius 3 is 3.00 bits per heavy atom. The van der Waals surface area contributed by atoms with Crippen LogP contribution in [0.25, 0.3) is 0 Å². The molecule has 1 aliphatic heterocycles. The van der Waals surface area contributed by atoms with Crippen molar-refractivity contribution in [2.75, 3.05) is 13.2 Å². The van der Waals surface area contributed by atoms with Gasteiger partial charge in [0.05, 0.1) is 19.3 Å². The minimum absolute atomic E-state index is 0.364. The molecule has 13 heavy (non-hydrogen) atoms. The molecule has 1 aromatic heterocycles. The van der Waals surface area contributed by atoms with E-state index in [-0.39, 0.29) is 0 Å². The number of nitrogens with one attached hydrogen (secondary N) is 1. The van der Waals surface area contributed by atoms with Crippen molar-refractivity contribution in [1.82, 2.24) is 10.3 Å². The van der Waals surface area contributed by atoms with E-state index < -0.39 is 0 Å². The molecule has 1 unspecified atom stereocenters. The Labute approximate surface area is 78.1 Å². The average Bonchev–Trinajstić information content (AvgIpc) is 2.12. The van der Waals surface area contributed by atoms with E-state index >= 15 is 0 Å². The summed E-state index contributed by atoms with van der Waals surface area (Å²) in [5.41, 5.74) is 1.23. The van der Waals surface area contributed by atoms with Crippen molar-refractivity contribution in [3.8, 4) is 0 Å². The van der Waals surface area contributed by atoms with Gasteiger partial charge in [-0.1, -0.05) is 6.07 Å². The predicted octanol–water partition coefficient (Wildman–Crippen LogP) is 1.13. The van der Waals surface area contributed by atoms with Crippen molar-refractivity contribution < 1.29 is 4.74 Å². The van der Waals surface area contributed by atoms with Gasteiger partial charge in [0.1, 0.15) is 0 Å². The molecule has 1 atom stereocenters. The molecule has 0 aliphatic carbocycles. The van der Waals surface area contributed by atoms with Crippen molar-refractivity contribution >= 4 is 0 Å². The van der Waals surface area contributed by atoms with Crippen molar-refractivity contribution in [2.24, 2.45) is 0 Å². The second-order valence-corrected chi connectivity index (χ2v) is 3.41. The highest BCUT2D eigenvalue weighted by Crippen LogP contribution is 2.13. The summed E-state index contributed by atoms with van der Waals surface area (Å²) < 4.78 is 5.09. The first kappa shape index (κ1) is 8.66. The fourth-order valence-corrected chi connectivity index (χ4v) is 1.41. The maximum Gasteiger partial charge on any atom is 0.0643 e. The number of nitrogens with zero attached hydrogens (tertiary/aromatic N) is 1. The summed E-state index contributed by atoms with van der Waals surface area (Å²) >= 11 is 0. The van der Waals surface area contributed by atoms with E-state index in [4.69, 9.17) is 4.74 Å². The quantitative estimate of drug-likeness (QED) is 0.753. The highest BCUT2D eigenvalue weighted by Gasteiger charge is 2.20. The Hall–Kier alpha value is -0.930. The first-order valence-electron chi connectivity index (χ1n) is 4.60. The van der Waals surface area contributed by atoms with Crippen LogP contribution in [-0.4, -0.2) is 24.2 Å². The van der Waals surface area contributed by atoms with Crippen molar-refractivity contribution in [3.63, 3.8) is 0 Å². The van der Waals surface area contributed by atoms with Crippen molar-refractivity contribution in [1.29, 1.82) is 0 Å². The molecule has 2 heterocycles. The van der Waals surface area contributed by atoms with Gasteiger partial charge in [-0.3, -0.25) is 4.98 Å². The summed E-state index contributed by atoms with van der Waals surface area (Å²) in [6.45, 7) is 3.82. The molecule has 1 aliphatic rings. The summed E-state index contributed by atoms with van der Waals surface area (Å²) in [5, 5.41) is 3.47. The zero-order valence-electron chi connectivity index (χ0n) is 7.73. The van der Waals surface area contributed by atoms with Gasteiger partial charge in [-0.05, 0) is 18.6 Å². The maximum absolute atomic E-state index is 5.09. The molecule has 1 aromatic rings. The SMILES string of the molecule is CC(NC1COC1)c1cccnc1. The fraction of sp³-hybridized carbons (Fsp3) is 0.500. The number of ether oxygens (including phenoxy) is 1. The first-order chi connectivity index (χ1) is 6.36. The number of aromatic nitrogens is 1. The standard InChI is InChI=1S/C10H14N2O/c1-8(12-10-6-13-7-10)9-3-2-4-11-5-9/h2-5,8,10,12H,6-7H2,1H3. The van der Waals surface area contributed by atoms with Gasteiger partial charge >= 0.3 is 0 Å². The van der Waals surface area contributed by atoms with E-state index in [0.717, 1.165) is 13.2 Å². The Bertz CT molecular complexity index is 259. The molecule has 0 spiro atoms. The van der Waals surface area contributed by atoms with Crippen LogP contribution in [0.3, 0.4) is 0 Å². The smallest absolute Gasteiger partial charge is 0.0643 e. The monoisotopic (exact) mass is 178 g/mol. The van der Waals surface area contributed by atoms with Gasteiger partial charge in [-0.2, -0.15) is 0 Å². The summed E-state index contributed by atoms with van der Waals surface area (Å²) in [4.78, 5) is 4.09. The molecule has 1 saturated heterocycles. The molecule has 1 fully saturated rings. The van der Waals surface area contributed by atoms with Crippen LogP contribution in [0.1, 0.15) is 18.5 Å². The van der Waals surface area contributed by atoms with Crippen LogP contribution in [0.2, 0.25) is 0 Å². The highest BCUT2D eigenvalue weighted by molar-refractivity contribution is 5.13. The van der Waals surface area contributed by atoms with Crippen LogP contribution < -0.4 is 5.32 Å². The zero-order chi connectivity index (χ0) is 9.10. The van der Waals surface area contributed by atoms with E-state index in [0.29, 0.717) is 12.1 Å². The van der Waals surface area contributed by atoms with Gasteiger partial charge in [-0.15, -0.1) is 0 Å². The van der Waals surface area contributed by atoms with Crippen LogP contribution in [0.4, 0.5) is 0 Å². The Balaban J connectivity index is 1.92. The van der Waals surface area contributed by atoms with Gasteiger partial charge in [0.15, 0.2) is 0 Å². The molecular formula is C10H14N2O. The van der Waals surface area contributed by atoms with E-state index in [1.165, 1.54) is 5.56 Å². The second kappa shape index (κ2) is 3.85. The molecule has 0 aromatic carbocycles. The molecule has 0 radical (unpaired) electrons. The van der Waals surface area contributed by atoms with Crippen LogP contribution in [0.15, 0.2) is 24.5 Å². The number of hydrogen-bond acceptors (Lipinski definition) is 3. The topological polar surface area (TPSA) is 34.1 Å². The number of rotatable bonds is 3. The summed E-state index contributed by atoms with van der Waals surface area (Å²) in [5.74, 6) is 0. The molecule has 3 heteroatoms. The fourth-order valence-electron chi connectivity index (χ4n) is 1.41. The molecule has 70 valence electrons. The average molecular weight is 178 g/mol. The van der Waals surface area contributed by atoms with Gasteiger partial charge in [0.25, 0.3) is 0 Å². The largest absolute Gasteiger partial charge is 0.378 e. The Morgan fingerprint density at radius 1 is 1.62 bits per heavy atom. The lowest BCUT2D eigenvalue weighted by Gasteiger charge is -2.30. The molecule has 3 nitrogen and oxygen atoms in total. The van der Waals surface area contributed by atoms with Crippen LogP contribution >= 0.6 is 0 Å². The van der Waals surface area contributed by atoms with Crippen LogP contribution in [0, 0.1) is 0 Å². The Kier molecular flexibility index (Phi) is 2.57. The van der Waals surface area contributed by atoms with E-state index in [9.17, 15) is 0 Å². The minimum atomic E-state index is 0.364. The van der Waals surface area contributed by atoms with Crippen molar-refractivity contribution in [2.45, 2.75) is 19.0 Å². The third-order valence-electron chi connectivity index (χ3n) is 2.31.